The van der Waals surface area contributed by atoms with E-state index < -0.39 is 0 Å². The SMILES string of the molecule is O=C(CN1CCCCCC1=O)NCc1cc(Cl)c2c(c1)OCCCO2. The minimum Gasteiger partial charge on any atom is -0.489 e. The van der Waals surface area contributed by atoms with Gasteiger partial charge in [-0.2, -0.15) is 0 Å². The molecule has 6 nitrogen and oxygen atoms in total. The number of amides is 2. The van der Waals surface area contributed by atoms with Crippen LogP contribution in [0.15, 0.2) is 12.1 Å². The molecular weight excluding hydrogens is 344 g/mol. The van der Waals surface area contributed by atoms with Crippen LogP contribution in [0.25, 0.3) is 0 Å². The summed E-state index contributed by atoms with van der Waals surface area (Å²) >= 11 is 6.26. The van der Waals surface area contributed by atoms with Crippen molar-refractivity contribution in [2.24, 2.45) is 0 Å². The zero-order valence-corrected chi connectivity index (χ0v) is 14.9. The molecule has 1 saturated heterocycles. The van der Waals surface area contributed by atoms with Crippen LogP contribution in [-0.4, -0.2) is 43.0 Å². The van der Waals surface area contributed by atoms with Gasteiger partial charge < -0.3 is 19.7 Å². The molecule has 0 bridgehead atoms. The average molecular weight is 367 g/mol. The number of ether oxygens (including phenoxy) is 2. The molecule has 2 aliphatic rings. The van der Waals surface area contributed by atoms with Crippen LogP contribution in [0.3, 0.4) is 0 Å². The molecule has 0 spiro atoms. The molecule has 25 heavy (non-hydrogen) atoms. The predicted molar refractivity (Wildman–Crippen MR) is 94.0 cm³/mol. The number of hydrogen-bond donors (Lipinski definition) is 1. The largest absolute Gasteiger partial charge is 0.489 e. The maximum Gasteiger partial charge on any atom is 0.239 e. The van der Waals surface area contributed by atoms with E-state index in [2.05, 4.69) is 5.32 Å². The van der Waals surface area contributed by atoms with E-state index >= 15 is 0 Å². The molecule has 7 heteroatoms. The van der Waals surface area contributed by atoms with Crippen LogP contribution < -0.4 is 14.8 Å². The third-order valence-corrected chi connectivity index (χ3v) is 4.64. The predicted octanol–water partition coefficient (Wildman–Crippen LogP) is 2.52. The minimum atomic E-state index is -0.168. The summed E-state index contributed by atoms with van der Waals surface area (Å²) in [5.74, 6) is 1.06. The molecule has 1 N–H and O–H groups in total. The van der Waals surface area contributed by atoms with Gasteiger partial charge in [0.05, 0.1) is 24.8 Å². The van der Waals surface area contributed by atoms with Gasteiger partial charge in [0.15, 0.2) is 11.5 Å². The van der Waals surface area contributed by atoms with Crippen molar-refractivity contribution in [2.75, 3.05) is 26.3 Å². The van der Waals surface area contributed by atoms with Gasteiger partial charge in [0.1, 0.15) is 0 Å². The molecule has 136 valence electrons. The standard InChI is InChI=1S/C18H23ClN2O4/c19-14-9-13(10-15-18(14)25-8-4-7-24-15)11-20-16(22)12-21-6-3-1-2-5-17(21)23/h9-10H,1-8,11-12H2,(H,20,22). The first-order valence-corrected chi connectivity index (χ1v) is 9.14. The summed E-state index contributed by atoms with van der Waals surface area (Å²) in [5.41, 5.74) is 0.838. The Balaban J connectivity index is 1.57. The van der Waals surface area contributed by atoms with Crippen molar-refractivity contribution in [1.82, 2.24) is 10.2 Å². The topological polar surface area (TPSA) is 67.9 Å². The van der Waals surface area contributed by atoms with Crippen LogP contribution in [0.1, 0.15) is 37.7 Å². The molecule has 0 radical (unpaired) electrons. The molecule has 2 amide bonds. The van der Waals surface area contributed by atoms with E-state index in [1.165, 1.54) is 0 Å². The number of nitrogens with one attached hydrogen (secondary N) is 1. The van der Waals surface area contributed by atoms with Crippen LogP contribution in [0.5, 0.6) is 11.5 Å². The smallest absolute Gasteiger partial charge is 0.239 e. The van der Waals surface area contributed by atoms with E-state index in [-0.39, 0.29) is 18.4 Å². The van der Waals surface area contributed by atoms with Crippen molar-refractivity contribution in [3.05, 3.63) is 22.7 Å². The summed E-state index contributed by atoms with van der Waals surface area (Å²) in [6.45, 7) is 2.25. The van der Waals surface area contributed by atoms with Gasteiger partial charge >= 0.3 is 0 Å². The molecule has 1 aromatic carbocycles. The quantitative estimate of drug-likeness (QED) is 0.889. The molecule has 0 saturated carbocycles. The Labute approximate surface area is 152 Å². The Kier molecular flexibility index (Phi) is 6.02. The number of fused-ring (bicyclic) bond motifs is 1. The first kappa shape index (κ1) is 17.9. The Morgan fingerprint density at radius 3 is 2.88 bits per heavy atom. The van der Waals surface area contributed by atoms with Gasteiger partial charge in [-0.3, -0.25) is 9.59 Å². The normalized spacial score (nSPS) is 17.6. The number of nitrogens with zero attached hydrogens (tertiary/aromatic N) is 1. The van der Waals surface area contributed by atoms with Crippen molar-refractivity contribution in [2.45, 2.75) is 38.6 Å². The molecule has 1 fully saturated rings. The monoisotopic (exact) mass is 366 g/mol. The van der Waals surface area contributed by atoms with Crippen molar-refractivity contribution in [3.8, 4) is 11.5 Å². The number of rotatable bonds is 4. The number of likely N-dealkylation sites (tertiary alicyclic amines) is 1. The Hall–Kier alpha value is -1.95. The van der Waals surface area contributed by atoms with Gasteiger partial charge in [-0.25, -0.2) is 0 Å². The summed E-state index contributed by atoms with van der Waals surface area (Å²) in [7, 11) is 0. The van der Waals surface area contributed by atoms with Gasteiger partial charge in [0.25, 0.3) is 0 Å². The van der Waals surface area contributed by atoms with Crippen LogP contribution in [0.2, 0.25) is 5.02 Å². The highest BCUT2D eigenvalue weighted by molar-refractivity contribution is 6.32. The first-order chi connectivity index (χ1) is 12.1. The Bertz CT molecular complexity index is 650. The number of carbonyl (C=O) groups excluding carboxylic acids is 2. The molecule has 1 aromatic rings. The van der Waals surface area contributed by atoms with Gasteiger partial charge in [-0.1, -0.05) is 18.0 Å². The Morgan fingerprint density at radius 1 is 1.16 bits per heavy atom. The van der Waals surface area contributed by atoms with E-state index in [4.69, 9.17) is 21.1 Å². The lowest BCUT2D eigenvalue weighted by Crippen LogP contribution is -2.40. The van der Waals surface area contributed by atoms with Gasteiger partial charge in [0.2, 0.25) is 11.8 Å². The average Bonchev–Trinajstić information content (AvgIpc) is 2.94. The van der Waals surface area contributed by atoms with E-state index in [1.54, 1.807) is 11.0 Å². The maximum atomic E-state index is 12.2. The fourth-order valence-corrected chi connectivity index (χ4v) is 3.31. The number of benzene rings is 1. The second-order valence-corrected chi connectivity index (χ2v) is 6.77. The molecule has 2 heterocycles. The third kappa shape index (κ3) is 4.78. The lowest BCUT2D eigenvalue weighted by atomic mass is 10.2. The van der Waals surface area contributed by atoms with E-state index in [0.29, 0.717) is 49.2 Å². The van der Waals surface area contributed by atoms with Crippen molar-refractivity contribution >= 4 is 23.4 Å². The van der Waals surface area contributed by atoms with Crippen LogP contribution >= 0.6 is 11.6 Å². The van der Waals surface area contributed by atoms with Gasteiger partial charge in [-0.15, -0.1) is 0 Å². The van der Waals surface area contributed by atoms with Crippen LogP contribution in [0, 0.1) is 0 Å². The molecule has 0 unspecified atom stereocenters. The van der Waals surface area contributed by atoms with Crippen molar-refractivity contribution < 1.29 is 19.1 Å². The zero-order chi connectivity index (χ0) is 17.6. The molecular formula is C18H23ClN2O4. The lowest BCUT2D eigenvalue weighted by Gasteiger charge is -2.20. The van der Waals surface area contributed by atoms with E-state index in [1.807, 2.05) is 6.07 Å². The summed E-state index contributed by atoms with van der Waals surface area (Å²) < 4.78 is 11.2. The fourth-order valence-electron chi connectivity index (χ4n) is 3.02. The maximum absolute atomic E-state index is 12.2. The van der Waals surface area contributed by atoms with Crippen LogP contribution in [0.4, 0.5) is 0 Å². The number of halogens is 1. The van der Waals surface area contributed by atoms with E-state index in [0.717, 1.165) is 31.2 Å². The van der Waals surface area contributed by atoms with Crippen molar-refractivity contribution in [3.63, 3.8) is 0 Å². The lowest BCUT2D eigenvalue weighted by molar-refractivity contribution is -0.135. The Morgan fingerprint density at radius 2 is 2.00 bits per heavy atom. The summed E-state index contributed by atoms with van der Waals surface area (Å²) in [5, 5.41) is 3.33. The molecule has 2 aliphatic heterocycles. The highest BCUT2D eigenvalue weighted by Crippen LogP contribution is 2.37. The third-order valence-electron chi connectivity index (χ3n) is 4.36. The second-order valence-electron chi connectivity index (χ2n) is 6.36. The van der Waals surface area contributed by atoms with E-state index in [9.17, 15) is 9.59 Å². The highest BCUT2D eigenvalue weighted by Gasteiger charge is 2.20. The van der Waals surface area contributed by atoms with Gasteiger partial charge in [0, 0.05) is 25.9 Å². The second kappa shape index (κ2) is 8.43. The molecule has 0 aliphatic carbocycles. The number of hydrogen-bond acceptors (Lipinski definition) is 4. The summed E-state index contributed by atoms with van der Waals surface area (Å²) in [6, 6.07) is 3.61. The fraction of sp³-hybridized carbons (Fsp3) is 0.556. The number of carbonyl (C=O) groups is 2. The van der Waals surface area contributed by atoms with Crippen molar-refractivity contribution in [1.29, 1.82) is 0 Å². The molecule has 3 rings (SSSR count). The summed E-state index contributed by atoms with van der Waals surface area (Å²) in [4.78, 5) is 25.8. The van der Waals surface area contributed by atoms with Crippen LogP contribution in [-0.2, 0) is 16.1 Å². The first-order valence-electron chi connectivity index (χ1n) is 8.76. The summed E-state index contributed by atoms with van der Waals surface area (Å²) in [6.07, 6.45) is 4.25. The minimum absolute atomic E-state index is 0.0614. The van der Waals surface area contributed by atoms with Gasteiger partial charge in [-0.05, 0) is 30.5 Å². The highest BCUT2D eigenvalue weighted by atomic mass is 35.5. The molecule has 0 aromatic heterocycles. The zero-order valence-electron chi connectivity index (χ0n) is 14.2. The molecule has 0 atom stereocenters.